The van der Waals surface area contributed by atoms with Gasteiger partial charge in [-0.3, -0.25) is 9.69 Å². The topological polar surface area (TPSA) is 40.5 Å². The largest absolute Gasteiger partial charge is 0.481 e. The second kappa shape index (κ2) is 5.65. The molecule has 0 aromatic carbocycles. The SMILES string of the molecule is Cc1ccsc1CN1CCCCC1CC(=O)O. The van der Waals surface area contributed by atoms with Crippen LogP contribution in [0.4, 0.5) is 0 Å². The van der Waals surface area contributed by atoms with Gasteiger partial charge in [0.05, 0.1) is 6.42 Å². The zero-order valence-electron chi connectivity index (χ0n) is 10.2. The standard InChI is InChI=1S/C13H19NO2S/c1-10-5-7-17-12(10)9-14-6-3-2-4-11(14)8-13(15)16/h5,7,11H,2-4,6,8-9H2,1H3,(H,15,16). The summed E-state index contributed by atoms with van der Waals surface area (Å²) in [7, 11) is 0. The number of aliphatic carboxylic acids is 1. The fourth-order valence-corrected chi connectivity index (χ4v) is 3.38. The lowest BCUT2D eigenvalue weighted by atomic mass is 9.99. The van der Waals surface area contributed by atoms with E-state index < -0.39 is 5.97 Å². The predicted molar refractivity (Wildman–Crippen MR) is 69.4 cm³/mol. The van der Waals surface area contributed by atoms with Crippen LogP contribution >= 0.6 is 11.3 Å². The van der Waals surface area contributed by atoms with Crippen molar-refractivity contribution in [2.75, 3.05) is 6.54 Å². The molecular formula is C13H19NO2S. The molecule has 1 aromatic heterocycles. The average Bonchev–Trinajstić information content (AvgIpc) is 2.67. The Morgan fingerprint density at radius 1 is 1.59 bits per heavy atom. The smallest absolute Gasteiger partial charge is 0.304 e. The number of piperidine rings is 1. The van der Waals surface area contributed by atoms with Crippen LogP contribution in [0.15, 0.2) is 11.4 Å². The zero-order chi connectivity index (χ0) is 12.3. The summed E-state index contributed by atoms with van der Waals surface area (Å²) in [6.45, 7) is 4.08. The molecule has 0 radical (unpaired) electrons. The number of hydrogen-bond acceptors (Lipinski definition) is 3. The summed E-state index contributed by atoms with van der Waals surface area (Å²) in [5, 5.41) is 11.1. The molecule has 1 unspecified atom stereocenters. The zero-order valence-corrected chi connectivity index (χ0v) is 11.0. The maximum absolute atomic E-state index is 10.9. The van der Waals surface area contributed by atoms with E-state index in [1.54, 1.807) is 11.3 Å². The first-order valence-corrected chi connectivity index (χ1v) is 7.03. The van der Waals surface area contributed by atoms with Crippen LogP contribution in [-0.4, -0.2) is 28.6 Å². The number of carbonyl (C=O) groups is 1. The van der Waals surface area contributed by atoms with Crippen LogP contribution < -0.4 is 0 Å². The lowest BCUT2D eigenvalue weighted by Gasteiger charge is -2.34. The molecule has 2 heterocycles. The van der Waals surface area contributed by atoms with Crippen LogP contribution in [0.2, 0.25) is 0 Å². The van der Waals surface area contributed by atoms with Crippen molar-refractivity contribution in [2.24, 2.45) is 0 Å². The molecule has 4 heteroatoms. The predicted octanol–water partition coefficient (Wildman–Crippen LogP) is 2.89. The number of nitrogens with zero attached hydrogens (tertiary/aromatic N) is 1. The van der Waals surface area contributed by atoms with Crippen molar-refractivity contribution >= 4 is 17.3 Å². The van der Waals surface area contributed by atoms with Crippen molar-refractivity contribution < 1.29 is 9.90 Å². The van der Waals surface area contributed by atoms with Gasteiger partial charge >= 0.3 is 5.97 Å². The molecule has 0 spiro atoms. The lowest BCUT2D eigenvalue weighted by Crippen LogP contribution is -2.40. The first-order chi connectivity index (χ1) is 8.16. The first kappa shape index (κ1) is 12.6. The number of thiophene rings is 1. The Morgan fingerprint density at radius 3 is 3.06 bits per heavy atom. The Labute approximate surface area is 106 Å². The summed E-state index contributed by atoms with van der Waals surface area (Å²) < 4.78 is 0. The van der Waals surface area contributed by atoms with Gasteiger partial charge in [-0.1, -0.05) is 6.42 Å². The minimum atomic E-state index is -0.676. The molecule has 2 rings (SSSR count). The molecule has 1 aliphatic heterocycles. The third kappa shape index (κ3) is 3.30. The average molecular weight is 253 g/mol. The van der Waals surface area contributed by atoms with Crippen LogP contribution in [0, 0.1) is 6.92 Å². The van der Waals surface area contributed by atoms with E-state index in [-0.39, 0.29) is 12.5 Å². The number of carboxylic acid groups (broad SMARTS) is 1. The molecule has 1 atom stereocenters. The van der Waals surface area contributed by atoms with E-state index >= 15 is 0 Å². The highest BCUT2D eigenvalue weighted by Crippen LogP contribution is 2.25. The summed E-state index contributed by atoms with van der Waals surface area (Å²) >= 11 is 1.78. The quantitative estimate of drug-likeness (QED) is 0.897. The molecule has 0 bridgehead atoms. The Hall–Kier alpha value is -0.870. The molecule has 3 nitrogen and oxygen atoms in total. The van der Waals surface area contributed by atoms with E-state index in [1.165, 1.54) is 16.9 Å². The van der Waals surface area contributed by atoms with E-state index in [0.717, 1.165) is 25.9 Å². The summed E-state index contributed by atoms with van der Waals surface area (Å²) in [6, 6.07) is 2.36. The Balaban J connectivity index is 2.01. The minimum Gasteiger partial charge on any atom is -0.481 e. The van der Waals surface area contributed by atoms with Gasteiger partial charge in [0.2, 0.25) is 0 Å². The first-order valence-electron chi connectivity index (χ1n) is 6.15. The lowest BCUT2D eigenvalue weighted by molar-refractivity contribution is -0.138. The van der Waals surface area contributed by atoms with Crippen molar-refractivity contribution in [3.63, 3.8) is 0 Å². The van der Waals surface area contributed by atoms with Gasteiger partial charge in [-0.2, -0.15) is 0 Å². The van der Waals surface area contributed by atoms with E-state index in [0.29, 0.717) is 0 Å². The maximum atomic E-state index is 10.9. The Bertz CT molecular complexity index is 389. The highest BCUT2D eigenvalue weighted by Gasteiger charge is 2.25. The van der Waals surface area contributed by atoms with Gasteiger partial charge in [0.25, 0.3) is 0 Å². The third-order valence-electron chi connectivity index (χ3n) is 3.47. The van der Waals surface area contributed by atoms with E-state index in [9.17, 15) is 4.79 Å². The van der Waals surface area contributed by atoms with Gasteiger partial charge in [-0.15, -0.1) is 11.3 Å². The van der Waals surface area contributed by atoms with Gasteiger partial charge in [0.1, 0.15) is 0 Å². The third-order valence-corrected chi connectivity index (χ3v) is 4.48. The summed E-state index contributed by atoms with van der Waals surface area (Å²) in [5.41, 5.74) is 1.33. The fourth-order valence-electron chi connectivity index (χ4n) is 2.45. The fraction of sp³-hybridized carbons (Fsp3) is 0.615. The second-order valence-corrected chi connectivity index (χ2v) is 5.75. The highest BCUT2D eigenvalue weighted by atomic mass is 32.1. The van der Waals surface area contributed by atoms with Gasteiger partial charge in [0, 0.05) is 17.5 Å². The number of hydrogen-bond donors (Lipinski definition) is 1. The second-order valence-electron chi connectivity index (χ2n) is 4.74. The monoisotopic (exact) mass is 253 g/mol. The molecule has 0 saturated carbocycles. The van der Waals surface area contributed by atoms with Gasteiger partial charge in [-0.05, 0) is 43.3 Å². The molecule has 1 aromatic rings. The normalized spacial score (nSPS) is 21.6. The van der Waals surface area contributed by atoms with Crippen LogP contribution in [0.3, 0.4) is 0 Å². The van der Waals surface area contributed by atoms with Crippen molar-refractivity contribution in [1.29, 1.82) is 0 Å². The number of rotatable bonds is 4. The van der Waals surface area contributed by atoms with Crippen molar-refractivity contribution in [3.8, 4) is 0 Å². The summed E-state index contributed by atoms with van der Waals surface area (Å²) in [6.07, 6.45) is 3.67. The van der Waals surface area contributed by atoms with E-state index in [4.69, 9.17) is 5.11 Å². The van der Waals surface area contributed by atoms with Crippen molar-refractivity contribution in [2.45, 2.75) is 45.2 Å². The number of aryl methyl sites for hydroxylation is 1. The van der Waals surface area contributed by atoms with E-state index in [1.807, 2.05) is 0 Å². The van der Waals surface area contributed by atoms with Crippen molar-refractivity contribution in [3.05, 3.63) is 21.9 Å². The molecule has 1 fully saturated rings. The van der Waals surface area contributed by atoms with E-state index in [2.05, 4.69) is 23.3 Å². The van der Waals surface area contributed by atoms with Crippen molar-refractivity contribution in [1.82, 2.24) is 4.90 Å². The molecule has 0 aliphatic carbocycles. The van der Waals surface area contributed by atoms with Gasteiger partial charge in [-0.25, -0.2) is 0 Å². The van der Waals surface area contributed by atoms with Crippen LogP contribution in [-0.2, 0) is 11.3 Å². The molecule has 94 valence electrons. The Morgan fingerprint density at radius 2 is 2.41 bits per heavy atom. The number of likely N-dealkylation sites (tertiary alicyclic amines) is 1. The van der Waals surface area contributed by atoms with Gasteiger partial charge in [0.15, 0.2) is 0 Å². The summed E-state index contributed by atoms with van der Waals surface area (Å²) in [5.74, 6) is -0.676. The molecule has 0 amide bonds. The molecule has 1 saturated heterocycles. The highest BCUT2D eigenvalue weighted by molar-refractivity contribution is 7.10. The maximum Gasteiger partial charge on any atom is 0.304 e. The molecular weight excluding hydrogens is 234 g/mol. The summed E-state index contributed by atoms with van der Waals surface area (Å²) in [4.78, 5) is 14.6. The van der Waals surface area contributed by atoms with Gasteiger partial charge < -0.3 is 5.11 Å². The molecule has 1 aliphatic rings. The molecule has 1 N–H and O–H groups in total. The van der Waals surface area contributed by atoms with Crippen LogP contribution in [0.25, 0.3) is 0 Å². The minimum absolute atomic E-state index is 0.225. The van der Waals surface area contributed by atoms with Crippen LogP contribution in [0.5, 0.6) is 0 Å². The Kier molecular flexibility index (Phi) is 4.18. The van der Waals surface area contributed by atoms with Crippen LogP contribution in [0.1, 0.15) is 36.1 Å². The number of carboxylic acids is 1. The molecule has 17 heavy (non-hydrogen) atoms.